The van der Waals surface area contributed by atoms with E-state index in [2.05, 4.69) is 15.5 Å². The fourth-order valence-corrected chi connectivity index (χ4v) is 1.37. The second-order valence-corrected chi connectivity index (χ2v) is 4.01. The van der Waals surface area contributed by atoms with E-state index in [1.165, 1.54) is 6.21 Å². The predicted octanol–water partition coefficient (Wildman–Crippen LogP) is 1.50. The monoisotopic (exact) mass is 258 g/mol. The Bertz CT molecular complexity index is 575. The Labute approximate surface area is 110 Å². The van der Waals surface area contributed by atoms with Gasteiger partial charge in [0.25, 0.3) is 5.91 Å². The second kappa shape index (κ2) is 5.81. The van der Waals surface area contributed by atoms with Crippen molar-refractivity contribution >= 4 is 18.0 Å². The van der Waals surface area contributed by atoms with Gasteiger partial charge < -0.3 is 9.32 Å². The molecular weight excluding hydrogens is 244 g/mol. The summed E-state index contributed by atoms with van der Waals surface area (Å²) in [4.78, 5) is 17.3. The average molecular weight is 258 g/mol. The number of aromatic nitrogens is 1. The van der Waals surface area contributed by atoms with E-state index < -0.39 is 0 Å². The third-order valence-corrected chi connectivity index (χ3v) is 2.35. The van der Waals surface area contributed by atoms with Gasteiger partial charge in [-0.25, -0.2) is 5.43 Å². The van der Waals surface area contributed by atoms with Crippen molar-refractivity contribution in [3.63, 3.8) is 0 Å². The first kappa shape index (κ1) is 12.8. The van der Waals surface area contributed by atoms with Crippen LogP contribution in [0.3, 0.4) is 0 Å². The molecule has 6 heteroatoms. The summed E-state index contributed by atoms with van der Waals surface area (Å²) in [7, 11) is 3.76. The van der Waals surface area contributed by atoms with Gasteiger partial charge in [0.05, 0.1) is 6.21 Å². The van der Waals surface area contributed by atoms with Gasteiger partial charge in [-0.1, -0.05) is 0 Å². The lowest BCUT2D eigenvalue weighted by molar-refractivity contribution is 0.0955. The number of furan rings is 1. The lowest BCUT2D eigenvalue weighted by Crippen LogP contribution is -2.17. The molecule has 2 aromatic heterocycles. The second-order valence-electron chi connectivity index (χ2n) is 4.01. The SMILES string of the molecule is CN(C)c1ccc(/C=N/NC(=O)c2ccncc2)o1. The predicted molar refractivity (Wildman–Crippen MR) is 72.3 cm³/mol. The highest BCUT2D eigenvalue weighted by molar-refractivity contribution is 5.94. The number of rotatable bonds is 4. The average Bonchev–Trinajstić information content (AvgIpc) is 2.89. The maximum atomic E-state index is 11.7. The Morgan fingerprint density at radius 1 is 1.32 bits per heavy atom. The molecule has 0 spiro atoms. The highest BCUT2D eigenvalue weighted by Crippen LogP contribution is 2.13. The summed E-state index contributed by atoms with van der Waals surface area (Å²) in [6, 6.07) is 6.83. The zero-order valence-corrected chi connectivity index (χ0v) is 10.7. The quantitative estimate of drug-likeness (QED) is 0.666. The van der Waals surface area contributed by atoms with Gasteiger partial charge in [-0.05, 0) is 18.2 Å². The molecule has 0 fully saturated rings. The Kier molecular flexibility index (Phi) is 3.92. The van der Waals surface area contributed by atoms with Crippen molar-refractivity contribution in [2.24, 2.45) is 5.10 Å². The van der Waals surface area contributed by atoms with Crippen LogP contribution in [0.1, 0.15) is 16.1 Å². The molecule has 98 valence electrons. The van der Waals surface area contributed by atoms with Crippen molar-refractivity contribution in [1.82, 2.24) is 10.4 Å². The number of hydrazone groups is 1. The van der Waals surface area contributed by atoms with Crippen molar-refractivity contribution < 1.29 is 9.21 Å². The van der Waals surface area contributed by atoms with Gasteiger partial charge in [-0.3, -0.25) is 9.78 Å². The van der Waals surface area contributed by atoms with E-state index in [0.29, 0.717) is 11.3 Å². The number of hydrogen-bond acceptors (Lipinski definition) is 5. The summed E-state index contributed by atoms with van der Waals surface area (Å²) in [6.07, 6.45) is 4.55. The fraction of sp³-hybridized carbons (Fsp3) is 0.154. The first-order valence-electron chi connectivity index (χ1n) is 5.67. The van der Waals surface area contributed by atoms with E-state index in [0.717, 1.165) is 5.88 Å². The summed E-state index contributed by atoms with van der Waals surface area (Å²) in [5.74, 6) is 0.999. The van der Waals surface area contributed by atoms with Crippen molar-refractivity contribution in [2.45, 2.75) is 0 Å². The summed E-state index contributed by atoms with van der Waals surface area (Å²) in [5, 5.41) is 3.83. The molecule has 1 N–H and O–H groups in total. The van der Waals surface area contributed by atoms with Gasteiger partial charge in [-0.2, -0.15) is 5.10 Å². The first-order valence-corrected chi connectivity index (χ1v) is 5.67. The van der Waals surface area contributed by atoms with Crippen molar-refractivity contribution in [3.8, 4) is 0 Å². The number of nitrogens with one attached hydrogen (secondary N) is 1. The van der Waals surface area contributed by atoms with Crippen molar-refractivity contribution in [3.05, 3.63) is 48.0 Å². The highest BCUT2D eigenvalue weighted by Gasteiger charge is 2.03. The van der Waals surface area contributed by atoms with E-state index >= 15 is 0 Å². The minimum absolute atomic E-state index is 0.293. The first-order chi connectivity index (χ1) is 9.16. The Balaban J connectivity index is 1.94. The number of anilines is 1. The number of carbonyl (C=O) groups is 1. The largest absolute Gasteiger partial charge is 0.440 e. The molecule has 0 aliphatic rings. The molecule has 0 atom stereocenters. The summed E-state index contributed by atoms with van der Waals surface area (Å²) < 4.78 is 5.45. The van der Waals surface area contributed by atoms with Crippen molar-refractivity contribution in [1.29, 1.82) is 0 Å². The van der Waals surface area contributed by atoms with Crippen LogP contribution in [0.4, 0.5) is 5.88 Å². The van der Waals surface area contributed by atoms with E-state index in [4.69, 9.17) is 4.42 Å². The third-order valence-electron chi connectivity index (χ3n) is 2.35. The topological polar surface area (TPSA) is 70.7 Å². The standard InChI is InChI=1S/C13H14N4O2/c1-17(2)12-4-3-11(19-12)9-15-16-13(18)10-5-7-14-8-6-10/h3-9H,1-2H3,(H,16,18)/b15-9+. The molecule has 2 rings (SSSR count). The number of pyridine rings is 1. The van der Waals surface area contributed by atoms with Gasteiger partial charge in [0.1, 0.15) is 5.76 Å². The van der Waals surface area contributed by atoms with Gasteiger partial charge in [-0.15, -0.1) is 0 Å². The molecule has 2 heterocycles. The molecular formula is C13H14N4O2. The van der Waals surface area contributed by atoms with E-state index in [1.807, 2.05) is 25.1 Å². The van der Waals surface area contributed by atoms with E-state index in [-0.39, 0.29) is 5.91 Å². The fourth-order valence-electron chi connectivity index (χ4n) is 1.37. The molecule has 2 aromatic rings. The number of hydrogen-bond donors (Lipinski definition) is 1. The van der Waals surface area contributed by atoms with Crippen LogP contribution in [-0.4, -0.2) is 31.2 Å². The van der Waals surface area contributed by atoms with Crippen LogP contribution >= 0.6 is 0 Å². The molecule has 0 saturated carbocycles. The van der Waals surface area contributed by atoms with Gasteiger partial charge >= 0.3 is 0 Å². The molecule has 0 bridgehead atoms. The maximum Gasteiger partial charge on any atom is 0.271 e. The van der Waals surface area contributed by atoms with Crippen LogP contribution < -0.4 is 10.3 Å². The van der Waals surface area contributed by atoms with Gasteiger partial charge in [0, 0.05) is 38.1 Å². The molecule has 0 aromatic carbocycles. The summed E-state index contributed by atoms with van der Waals surface area (Å²) in [5.41, 5.74) is 2.92. The van der Waals surface area contributed by atoms with Crippen LogP contribution in [0.25, 0.3) is 0 Å². The lowest BCUT2D eigenvalue weighted by atomic mass is 10.3. The van der Waals surface area contributed by atoms with E-state index in [1.54, 1.807) is 30.6 Å². The van der Waals surface area contributed by atoms with Gasteiger partial charge in [0.15, 0.2) is 5.88 Å². The van der Waals surface area contributed by atoms with Crippen LogP contribution in [0, 0.1) is 0 Å². The normalized spacial score (nSPS) is 10.6. The number of amides is 1. The third kappa shape index (κ3) is 3.41. The number of nitrogens with zero attached hydrogens (tertiary/aromatic N) is 3. The minimum atomic E-state index is -0.293. The maximum absolute atomic E-state index is 11.7. The molecule has 1 amide bonds. The van der Waals surface area contributed by atoms with Crippen LogP contribution in [0.5, 0.6) is 0 Å². The van der Waals surface area contributed by atoms with Gasteiger partial charge in [0.2, 0.25) is 0 Å². The Hall–Kier alpha value is -2.63. The highest BCUT2D eigenvalue weighted by atomic mass is 16.4. The Morgan fingerprint density at radius 3 is 2.68 bits per heavy atom. The smallest absolute Gasteiger partial charge is 0.271 e. The van der Waals surface area contributed by atoms with Crippen molar-refractivity contribution in [2.75, 3.05) is 19.0 Å². The summed E-state index contributed by atoms with van der Waals surface area (Å²) >= 11 is 0. The summed E-state index contributed by atoms with van der Waals surface area (Å²) in [6.45, 7) is 0. The molecule has 0 saturated heterocycles. The zero-order valence-electron chi connectivity index (χ0n) is 10.7. The van der Waals surface area contributed by atoms with E-state index in [9.17, 15) is 4.79 Å². The molecule has 0 unspecified atom stereocenters. The molecule has 0 radical (unpaired) electrons. The molecule has 6 nitrogen and oxygen atoms in total. The van der Waals surface area contributed by atoms with Crippen LogP contribution in [0.15, 0.2) is 46.2 Å². The molecule has 19 heavy (non-hydrogen) atoms. The Morgan fingerprint density at radius 2 is 2.05 bits per heavy atom. The lowest BCUT2D eigenvalue weighted by Gasteiger charge is -2.05. The van der Waals surface area contributed by atoms with Crippen LogP contribution in [-0.2, 0) is 0 Å². The van der Waals surface area contributed by atoms with Crippen LogP contribution in [0.2, 0.25) is 0 Å². The zero-order chi connectivity index (χ0) is 13.7. The molecule has 0 aliphatic heterocycles. The molecule has 0 aliphatic carbocycles. The number of carbonyl (C=O) groups excluding carboxylic acids is 1. The minimum Gasteiger partial charge on any atom is -0.440 e.